The Kier molecular flexibility index (Phi) is 5.26. The van der Waals surface area contributed by atoms with Crippen molar-refractivity contribution in [2.75, 3.05) is 0 Å². The largest absolute Gasteiger partial charge is 0.346 e. The summed E-state index contributed by atoms with van der Waals surface area (Å²) in [5.41, 5.74) is 3.34. The smallest absolute Gasteiger partial charge is 0.221 e. The Morgan fingerprint density at radius 1 is 1.24 bits per heavy atom. The highest BCUT2D eigenvalue weighted by atomic mass is 16.2. The second kappa shape index (κ2) is 7.59. The molecule has 1 aliphatic carbocycles. The maximum atomic E-state index is 12.4. The van der Waals surface area contributed by atoms with E-state index in [0.717, 1.165) is 25.1 Å². The van der Waals surface area contributed by atoms with E-state index in [-0.39, 0.29) is 30.6 Å². The summed E-state index contributed by atoms with van der Waals surface area (Å²) in [5.74, 6) is 1.17. The van der Waals surface area contributed by atoms with Crippen molar-refractivity contribution in [2.45, 2.75) is 58.4 Å². The molecular formula is C19H24N4O2. The molecule has 0 radical (unpaired) electrons. The van der Waals surface area contributed by atoms with Crippen molar-refractivity contribution in [1.82, 2.24) is 20.5 Å². The molecule has 0 spiro atoms. The summed E-state index contributed by atoms with van der Waals surface area (Å²) in [4.78, 5) is 28.8. The van der Waals surface area contributed by atoms with Gasteiger partial charge in [0, 0.05) is 18.4 Å². The average Bonchev–Trinajstić information content (AvgIpc) is 3.25. The molecule has 0 aliphatic heterocycles. The highest BCUT2D eigenvalue weighted by Crippen LogP contribution is 2.23. The van der Waals surface area contributed by atoms with Crippen LogP contribution in [-0.2, 0) is 17.6 Å². The molecule has 6 nitrogen and oxygen atoms in total. The molecule has 3 rings (SSSR count). The summed E-state index contributed by atoms with van der Waals surface area (Å²) in [6.45, 7) is 3.78. The molecule has 25 heavy (non-hydrogen) atoms. The zero-order valence-electron chi connectivity index (χ0n) is 14.8. The van der Waals surface area contributed by atoms with Crippen LogP contribution in [0.2, 0.25) is 0 Å². The third-order valence-corrected chi connectivity index (χ3v) is 4.67. The van der Waals surface area contributed by atoms with E-state index in [4.69, 9.17) is 0 Å². The quantitative estimate of drug-likeness (QED) is 0.759. The predicted octanol–water partition coefficient (Wildman–Crippen LogP) is 2.83. The number of H-pyrrole nitrogens is 1. The molecule has 0 bridgehead atoms. The standard InChI is InChI=1S/C19H24N4O2/c1-3-16(19-20-12(2)22-23-19)21-18(25)10-9-17(24)15-8-7-13-5-4-6-14(13)11-15/h7-8,11,16H,3-6,9-10H2,1-2H3,(H,21,25)(H,20,22,23)/t16-/m0/s1. The Balaban J connectivity index is 1.53. The third kappa shape index (κ3) is 4.13. The maximum absolute atomic E-state index is 12.4. The van der Waals surface area contributed by atoms with E-state index in [1.165, 1.54) is 11.1 Å². The fourth-order valence-electron chi connectivity index (χ4n) is 3.25. The Hall–Kier alpha value is -2.50. The van der Waals surface area contributed by atoms with E-state index in [2.05, 4.69) is 20.5 Å². The lowest BCUT2D eigenvalue weighted by Gasteiger charge is -2.13. The number of hydrogen-bond donors (Lipinski definition) is 2. The SMILES string of the molecule is CC[C@H](NC(=O)CCC(=O)c1ccc2c(c1)CCC2)c1n[nH]c(C)n1. The molecule has 0 unspecified atom stereocenters. The van der Waals surface area contributed by atoms with E-state index in [0.29, 0.717) is 17.8 Å². The number of rotatable bonds is 7. The number of aromatic amines is 1. The first-order chi connectivity index (χ1) is 12.1. The average molecular weight is 340 g/mol. The van der Waals surface area contributed by atoms with Gasteiger partial charge in [0.05, 0.1) is 6.04 Å². The van der Waals surface area contributed by atoms with Crippen LogP contribution in [0, 0.1) is 6.92 Å². The molecule has 0 saturated heterocycles. The predicted molar refractivity (Wildman–Crippen MR) is 94.3 cm³/mol. The van der Waals surface area contributed by atoms with Gasteiger partial charge in [-0.2, -0.15) is 5.10 Å². The molecule has 0 fully saturated rings. The van der Waals surface area contributed by atoms with Gasteiger partial charge in [0.15, 0.2) is 11.6 Å². The summed E-state index contributed by atoms with van der Waals surface area (Å²) in [7, 11) is 0. The van der Waals surface area contributed by atoms with Crippen LogP contribution >= 0.6 is 0 Å². The number of carbonyl (C=O) groups is 2. The van der Waals surface area contributed by atoms with Crippen LogP contribution in [0.3, 0.4) is 0 Å². The van der Waals surface area contributed by atoms with Crippen molar-refractivity contribution in [2.24, 2.45) is 0 Å². The molecule has 6 heteroatoms. The highest BCUT2D eigenvalue weighted by Gasteiger charge is 2.18. The van der Waals surface area contributed by atoms with Crippen molar-refractivity contribution in [3.8, 4) is 0 Å². The summed E-state index contributed by atoms with van der Waals surface area (Å²) < 4.78 is 0. The van der Waals surface area contributed by atoms with Crippen LogP contribution in [0.4, 0.5) is 0 Å². The zero-order valence-corrected chi connectivity index (χ0v) is 14.8. The van der Waals surface area contributed by atoms with Gasteiger partial charge in [-0.3, -0.25) is 14.7 Å². The number of aryl methyl sites for hydroxylation is 3. The lowest BCUT2D eigenvalue weighted by Crippen LogP contribution is -2.29. The van der Waals surface area contributed by atoms with Crippen LogP contribution in [0.15, 0.2) is 18.2 Å². The molecular weight excluding hydrogens is 316 g/mol. The lowest BCUT2D eigenvalue weighted by molar-refractivity contribution is -0.121. The number of fused-ring (bicyclic) bond motifs is 1. The number of carbonyl (C=O) groups excluding carboxylic acids is 2. The number of hydrogen-bond acceptors (Lipinski definition) is 4. The third-order valence-electron chi connectivity index (χ3n) is 4.67. The fourth-order valence-corrected chi connectivity index (χ4v) is 3.25. The van der Waals surface area contributed by atoms with Crippen LogP contribution in [0.5, 0.6) is 0 Å². The molecule has 2 aromatic rings. The number of amides is 1. The summed E-state index contributed by atoms with van der Waals surface area (Å²) in [6.07, 6.45) is 4.40. The molecule has 132 valence electrons. The monoisotopic (exact) mass is 340 g/mol. The van der Waals surface area contributed by atoms with Gasteiger partial charge >= 0.3 is 0 Å². The number of nitrogens with zero attached hydrogens (tertiary/aromatic N) is 2. The molecule has 1 amide bonds. The van der Waals surface area contributed by atoms with Gasteiger partial charge in [-0.05, 0) is 49.8 Å². The Morgan fingerprint density at radius 3 is 2.76 bits per heavy atom. The minimum Gasteiger partial charge on any atom is -0.346 e. The Bertz CT molecular complexity index is 781. The normalized spacial score (nSPS) is 14.2. The zero-order chi connectivity index (χ0) is 17.8. The van der Waals surface area contributed by atoms with Crippen molar-refractivity contribution in [3.05, 3.63) is 46.5 Å². The molecule has 0 saturated carbocycles. The van der Waals surface area contributed by atoms with Crippen LogP contribution in [0.25, 0.3) is 0 Å². The Labute approximate surface area is 147 Å². The van der Waals surface area contributed by atoms with E-state index in [9.17, 15) is 9.59 Å². The van der Waals surface area contributed by atoms with Gasteiger partial charge in [-0.25, -0.2) is 4.98 Å². The van der Waals surface area contributed by atoms with Gasteiger partial charge in [0.25, 0.3) is 0 Å². The van der Waals surface area contributed by atoms with Crippen LogP contribution in [-0.4, -0.2) is 26.9 Å². The molecule has 1 heterocycles. The van der Waals surface area contributed by atoms with E-state index in [1.54, 1.807) is 0 Å². The number of aromatic nitrogens is 3. The number of benzene rings is 1. The number of ketones is 1. The van der Waals surface area contributed by atoms with Crippen LogP contribution < -0.4 is 5.32 Å². The van der Waals surface area contributed by atoms with Gasteiger partial charge in [0.2, 0.25) is 5.91 Å². The fraction of sp³-hybridized carbons (Fsp3) is 0.474. The van der Waals surface area contributed by atoms with Gasteiger partial charge in [-0.15, -0.1) is 0 Å². The minimum atomic E-state index is -0.229. The van der Waals surface area contributed by atoms with Crippen LogP contribution in [0.1, 0.15) is 71.8 Å². The highest BCUT2D eigenvalue weighted by molar-refractivity contribution is 5.98. The minimum absolute atomic E-state index is 0.0200. The molecule has 2 N–H and O–H groups in total. The first-order valence-electron chi connectivity index (χ1n) is 8.90. The molecule has 1 aliphatic rings. The Morgan fingerprint density at radius 2 is 2.04 bits per heavy atom. The maximum Gasteiger partial charge on any atom is 0.221 e. The van der Waals surface area contributed by atoms with E-state index in [1.807, 2.05) is 32.0 Å². The summed E-state index contributed by atoms with van der Waals surface area (Å²) in [5, 5.41) is 9.79. The second-order valence-corrected chi connectivity index (χ2v) is 6.57. The van der Waals surface area contributed by atoms with Crippen molar-refractivity contribution < 1.29 is 9.59 Å². The van der Waals surface area contributed by atoms with Gasteiger partial charge in [-0.1, -0.05) is 19.1 Å². The van der Waals surface area contributed by atoms with Crippen molar-refractivity contribution in [3.63, 3.8) is 0 Å². The topological polar surface area (TPSA) is 87.7 Å². The second-order valence-electron chi connectivity index (χ2n) is 6.57. The van der Waals surface area contributed by atoms with Gasteiger partial charge < -0.3 is 5.32 Å². The van der Waals surface area contributed by atoms with Gasteiger partial charge in [0.1, 0.15) is 5.82 Å². The van der Waals surface area contributed by atoms with E-state index >= 15 is 0 Å². The number of Topliss-reactive ketones (excluding diaryl/α,β-unsaturated/α-hetero) is 1. The lowest BCUT2D eigenvalue weighted by atomic mass is 10.0. The molecule has 1 aromatic heterocycles. The first kappa shape index (κ1) is 17.3. The molecule has 1 aromatic carbocycles. The van der Waals surface area contributed by atoms with Crippen molar-refractivity contribution >= 4 is 11.7 Å². The first-order valence-corrected chi connectivity index (χ1v) is 8.90. The van der Waals surface area contributed by atoms with Crippen molar-refractivity contribution in [1.29, 1.82) is 0 Å². The summed E-state index contributed by atoms with van der Waals surface area (Å²) >= 11 is 0. The number of nitrogens with one attached hydrogen (secondary N) is 2. The molecule has 1 atom stereocenters. The summed E-state index contributed by atoms with van der Waals surface area (Å²) in [6, 6.07) is 5.70. The van der Waals surface area contributed by atoms with E-state index < -0.39 is 0 Å².